The number of nitrogens with zero attached hydrogens (tertiary/aromatic N) is 2. The second-order valence-electron chi connectivity index (χ2n) is 3.78. The van der Waals surface area contributed by atoms with Gasteiger partial charge in [0.1, 0.15) is 0 Å². The second kappa shape index (κ2) is 5.32. The number of thioether (sulfide) groups is 1. The zero-order chi connectivity index (χ0) is 11.4. The summed E-state index contributed by atoms with van der Waals surface area (Å²) in [6.45, 7) is 1.17. The van der Waals surface area contributed by atoms with Crippen LogP contribution in [-0.4, -0.2) is 39.9 Å². The maximum Gasteiger partial charge on any atom is 0.233 e. The van der Waals surface area contributed by atoms with E-state index in [9.17, 15) is 4.79 Å². The lowest BCUT2D eigenvalue weighted by atomic mass is 10.2. The van der Waals surface area contributed by atoms with Crippen LogP contribution in [0.15, 0.2) is 24.5 Å². The molecule has 1 aliphatic heterocycles. The molecule has 16 heavy (non-hydrogen) atoms. The van der Waals surface area contributed by atoms with Crippen molar-refractivity contribution in [3.8, 4) is 0 Å². The summed E-state index contributed by atoms with van der Waals surface area (Å²) < 4.78 is 0. The van der Waals surface area contributed by atoms with Gasteiger partial charge in [-0.1, -0.05) is 0 Å². The van der Waals surface area contributed by atoms with Crippen molar-refractivity contribution >= 4 is 17.7 Å². The Hall–Kier alpha value is -1.07. The Labute approximate surface area is 99.2 Å². The predicted molar refractivity (Wildman–Crippen MR) is 65.0 cm³/mol. The van der Waals surface area contributed by atoms with Crippen molar-refractivity contribution in [2.24, 2.45) is 5.73 Å². The largest absolute Gasteiger partial charge is 0.333 e. The van der Waals surface area contributed by atoms with E-state index >= 15 is 0 Å². The summed E-state index contributed by atoms with van der Waals surface area (Å²) in [6, 6.07) is 4.03. The van der Waals surface area contributed by atoms with Crippen molar-refractivity contribution in [1.29, 1.82) is 0 Å². The van der Waals surface area contributed by atoms with Gasteiger partial charge in [0.2, 0.25) is 5.91 Å². The summed E-state index contributed by atoms with van der Waals surface area (Å²) in [4.78, 5) is 17.6. The highest BCUT2D eigenvalue weighted by Gasteiger charge is 2.27. The molecule has 0 spiro atoms. The Morgan fingerprint density at radius 1 is 1.50 bits per heavy atom. The molecule has 4 nitrogen and oxygen atoms in total. The number of pyridine rings is 1. The highest BCUT2D eigenvalue weighted by atomic mass is 32.2. The molecule has 5 heteroatoms. The fraction of sp³-hybridized carbons (Fsp3) is 0.455. The number of amides is 1. The minimum Gasteiger partial charge on any atom is -0.333 e. The van der Waals surface area contributed by atoms with E-state index in [0.717, 1.165) is 11.3 Å². The van der Waals surface area contributed by atoms with Crippen LogP contribution in [0, 0.1) is 0 Å². The summed E-state index contributed by atoms with van der Waals surface area (Å²) in [5.41, 5.74) is 6.80. The number of hydrogen-bond donors (Lipinski definition) is 1. The molecular weight excluding hydrogens is 222 g/mol. The minimum atomic E-state index is 0.166. The average Bonchev–Trinajstić information content (AvgIpc) is 2.33. The van der Waals surface area contributed by atoms with Crippen molar-refractivity contribution in [2.45, 2.75) is 12.6 Å². The predicted octanol–water partition coefficient (Wildman–Crippen LogP) is 0.484. The van der Waals surface area contributed by atoms with E-state index in [-0.39, 0.29) is 11.9 Å². The molecule has 0 bridgehead atoms. The van der Waals surface area contributed by atoms with Gasteiger partial charge in [0.15, 0.2) is 0 Å². The molecule has 2 rings (SSSR count). The van der Waals surface area contributed by atoms with Gasteiger partial charge in [-0.2, -0.15) is 0 Å². The first-order valence-corrected chi connectivity index (χ1v) is 6.43. The van der Waals surface area contributed by atoms with Gasteiger partial charge in [-0.25, -0.2) is 0 Å². The van der Waals surface area contributed by atoms with E-state index < -0.39 is 0 Å². The lowest BCUT2D eigenvalue weighted by Gasteiger charge is -2.34. The molecule has 2 N–H and O–H groups in total. The van der Waals surface area contributed by atoms with Gasteiger partial charge in [0.05, 0.1) is 11.8 Å². The fourth-order valence-electron chi connectivity index (χ4n) is 1.76. The Morgan fingerprint density at radius 2 is 2.25 bits per heavy atom. The van der Waals surface area contributed by atoms with Gasteiger partial charge < -0.3 is 10.6 Å². The van der Waals surface area contributed by atoms with Crippen LogP contribution in [0.2, 0.25) is 0 Å². The molecule has 2 heterocycles. The van der Waals surface area contributed by atoms with Gasteiger partial charge >= 0.3 is 0 Å². The number of rotatable bonds is 3. The molecule has 86 valence electrons. The summed E-state index contributed by atoms with van der Waals surface area (Å²) in [5, 5.41) is 0. The van der Waals surface area contributed by atoms with Gasteiger partial charge in [-0.05, 0) is 17.7 Å². The lowest BCUT2D eigenvalue weighted by Crippen LogP contribution is -2.49. The third-order valence-electron chi connectivity index (χ3n) is 2.67. The maximum absolute atomic E-state index is 11.8. The second-order valence-corrected chi connectivity index (χ2v) is 4.81. The SMILES string of the molecule is NCC1CSCC(=O)N1Cc1ccncc1. The summed E-state index contributed by atoms with van der Waals surface area (Å²) in [7, 11) is 0. The van der Waals surface area contributed by atoms with Crippen LogP contribution in [-0.2, 0) is 11.3 Å². The van der Waals surface area contributed by atoms with Crippen LogP contribution in [0.5, 0.6) is 0 Å². The van der Waals surface area contributed by atoms with Crippen LogP contribution < -0.4 is 5.73 Å². The normalized spacial score (nSPS) is 21.2. The monoisotopic (exact) mass is 237 g/mol. The molecule has 1 saturated heterocycles. The fourth-order valence-corrected chi connectivity index (χ4v) is 2.80. The van der Waals surface area contributed by atoms with Crippen molar-refractivity contribution in [3.63, 3.8) is 0 Å². The first-order chi connectivity index (χ1) is 7.81. The van der Waals surface area contributed by atoms with Crippen LogP contribution in [0.3, 0.4) is 0 Å². The Morgan fingerprint density at radius 3 is 2.94 bits per heavy atom. The standard InChI is InChI=1S/C11H15N3OS/c12-5-10-7-16-8-11(15)14(10)6-9-1-3-13-4-2-9/h1-4,10H,5-8,12H2. The lowest BCUT2D eigenvalue weighted by molar-refractivity contribution is -0.131. The smallest absolute Gasteiger partial charge is 0.233 e. The quantitative estimate of drug-likeness (QED) is 0.831. The van der Waals surface area contributed by atoms with Crippen LogP contribution in [0.1, 0.15) is 5.56 Å². The third-order valence-corrected chi connectivity index (χ3v) is 3.74. The van der Waals surface area contributed by atoms with Crippen molar-refractivity contribution < 1.29 is 4.79 Å². The molecule has 1 amide bonds. The molecule has 1 aromatic heterocycles. The zero-order valence-corrected chi connectivity index (χ0v) is 9.82. The number of aromatic nitrogens is 1. The molecule has 1 aliphatic rings. The molecular formula is C11H15N3OS. The summed E-state index contributed by atoms with van der Waals surface area (Å²) >= 11 is 1.67. The van der Waals surface area contributed by atoms with E-state index in [4.69, 9.17) is 5.73 Å². The molecule has 1 aromatic rings. The minimum absolute atomic E-state index is 0.166. The number of carbonyl (C=O) groups excluding carboxylic acids is 1. The zero-order valence-electron chi connectivity index (χ0n) is 9.00. The van der Waals surface area contributed by atoms with E-state index in [0.29, 0.717) is 18.8 Å². The first-order valence-electron chi connectivity index (χ1n) is 5.27. The van der Waals surface area contributed by atoms with Gasteiger partial charge in [-0.3, -0.25) is 9.78 Å². The van der Waals surface area contributed by atoms with Crippen LogP contribution in [0.4, 0.5) is 0 Å². The Kier molecular flexibility index (Phi) is 3.79. The highest BCUT2D eigenvalue weighted by Crippen LogP contribution is 2.19. The van der Waals surface area contributed by atoms with E-state index in [1.165, 1.54) is 0 Å². The number of nitrogens with two attached hydrogens (primary N) is 1. The van der Waals surface area contributed by atoms with Gasteiger partial charge in [0, 0.05) is 31.2 Å². The van der Waals surface area contributed by atoms with Crippen LogP contribution in [0.25, 0.3) is 0 Å². The highest BCUT2D eigenvalue weighted by molar-refractivity contribution is 8.00. The number of carbonyl (C=O) groups is 1. The maximum atomic E-state index is 11.8. The summed E-state index contributed by atoms with van der Waals surface area (Å²) in [6.07, 6.45) is 3.49. The molecule has 1 atom stereocenters. The van der Waals surface area contributed by atoms with Crippen molar-refractivity contribution in [3.05, 3.63) is 30.1 Å². The van der Waals surface area contributed by atoms with E-state index in [1.807, 2.05) is 17.0 Å². The summed E-state index contributed by atoms with van der Waals surface area (Å²) in [5.74, 6) is 1.69. The molecule has 1 unspecified atom stereocenters. The Bertz CT molecular complexity index is 358. The van der Waals surface area contributed by atoms with Crippen molar-refractivity contribution in [1.82, 2.24) is 9.88 Å². The molecule has 0 aliphatic carbocycles. The average molecular weight is 237 g/mol. The topological polar surface area (TPSA) is 59.2 Å². The van der Waals surface area contributed by atoms with E-state index in [2.05, 4.69) is 4.98 Å². The van der Waals surface area contributed by atoms with Gasteiger partial charge in [0.25, 0.3) is 0 Å². The van der Waals surface area contributed by atoms with Gasteiger partial charge in [-0.15, -0.1) is 11.8 Å². The molecule has 1 fully saturated rings. The van der Waals surface area contributed by atoms with E-state index in [1.54, 1.807) is 24.2 Å². The van der Waals surface area contributed by atoms with Crippen molar-refractivity contribution in [2.75, 3.05) is 18.1 Å². The first kappa shape index (κ1) is 11.4. The third kappa shape index (κ3) is 2.54. The molecule has 0 saturated carbocycles. The number of hydrogen-bond acceptors (Lipinski definition) is 4. The molecule has 0 aromatic carbocycles. The Balaban J connectivity index is 2.08. The van der Waals surface area contributed by atoms with Crippen LogP contribution >= 0.6 is 11.8 Å². The molecule has 0 radical (unpaired) electrons.